The van der Waals surface area contributed by atoms with Gasteiger partial charge in [-0.25, -0.2) is 9.98 Å². The Bertz CT molecular complexity index is 838. The molecular weight excluding hydrogens is 367 g/mol. The van der Waals surface area contributed by atoms with Gasteiger partial charge in [0.15, 0.2) is 5.66 Å². The van der Waals surface area contributed by atoms with Crippen LogP contribution in [0.25, 0.3) is 0 Å². The van der Waals surface area contributed by atoms with Gasteiger partial charge in [0.2, 0.25) is 0 Å². The Morgan fingerprint density at radius 3 is 2.29 bits per heavy atom. The van der Waals surface area contributed by atoms with E-state index in [1.165, 1.54) is 6.07 Å². The minimum atomic E-state index is -4.53. The third-order valence-corrected chi connectivity index (χ3v) is 6.39. The number of aromatic nitrogens is 1. The molecular formula is C20H26F3N5. The summed E-state index contributed by atoms with van der Waals surface area (Å²) in [6, 6.07) is 3.90. The number of nitrogens with one attached hydrogen (secondary N) is 1. The van der Waals surface area contributed by atoms with Crippen LogP contribution in [0.15, 0.2) is 34.6 Å². The van der Waals surface area contributed by atoms with Crippen LogP contribution in [0, 0.1) is 23.7 Å². The molecule has 3 aliphatic rings. The van der Waals surface area contributed by atoms with Crippen LogP contribution in [-0.2, 0) is 11.8 Å². The highest BCUT2D eigenvalue weighted by atomic mass is 19.4. The van der Waals surface area contributed by atoms with Crippen LogP contribution in [0.5, 0.6) is 0 Å². The third-order valence-electron chi connectivity index (χ3n) is 6.39. The first kappa shape index (κ1) is 19.1. The fraction of sp³-hybridized carbons (Fsp3) is 0.600. The summed E-state index contributed by atoms with van der Waals surface area (Å²) in [4.78, 5) is 8.68. The summed E-state index contributed by atoms with van der Waals surface area (Å²) < 4.78 is 39.8. The number of pyridine rings is 1. The third kappa shape index (κ3) is 3.22. The summed E-state index contributed by atoms with van der Waals surface area (Å²) in [6.07, 6.45) is -0.257. The quantitative estimate of drug-likeness (QED) is 0.715. The molecule has 5 N–H and O–H groups in total. The lowest BCUT2D eigenvalue weighted by Gasteiger charge is -2.41. The fourth-order valence-electron chi connectivity index (χ4n) is 4.31. The van der Waals surface area contributed by atoms with Crippen molar-refractivity contribution in [2.45, 2.75) is 51.4 Å². The van der Waals surface area contributed by atoms with Gasteiger partial charge in [-0.3, -0.25) is 0 Å². The molecule has 5 nitrogen and oxygen atoms in total. The standard InChI is InChI=1S/C20H26F3N5/c1-10(12-6-7-12)16-17(24)27-19(28-18(16)25,11(2)13-8-9-13)14-4-3-5-15(26-14)20(21,22)23/h3-5,10-13,27H,6-9,24H2,1-2H3,(H2,25,28). The summed E-state index contributed by atoms with van der Waals surface area (Å²) >= 11 is 0. The zero-order chi connectivity index (χ0) is 20.3. The van der Waals surface area contributed by atoms with Crippen LogP contribution in [0.2, 0.25) is 0 Å². The molecule has 0 amide bonds. The van der Waals surface area contributed by atoms with Crippen LogP contribution < -0.4 is 16.8 Å². The van der Waals surface area contributed by atoms with E-state index < -0.39 is 17.5 Å². The van der Waals surface area contributed by atoms with Gasteiger partial charge in [-0.15, -0.1) is 0 Å². The average molecular weight is 393 g/mol. The van der Waals surface area contributed by atoms with Crippen molar-refractivity contribution in [3.63, 3.8) is 0 Å². The van der Waals surface area contributed by atoms with E-state index in [1.54, 1.807) is 6.07 Å². The first-order valence-corrected chi connectivity index (χ1v) is 9.81. The zero-order valence-electron chi connectivity index (χ0n) is 16.1. The predicted molar refractivity (Wildman–Crippen MR) is 101 cm³/mol. The van der Waals surface area contributed by atoms with E-state index in [1.807, 2.05) is 6.92 Å². The second-order valence-corrected chi connectivity index (χ2v) is 8.37. The Hall–Kier alpha value is -2.25. The molecule has 2 fully saturated rings. The molecule has 1 aromatic rings. The van der Waals surface area contributed by atoms with Crippen molar-refractivity contribution < 1.29 is 13.2 Å². The molecule has 152 valence electrons. The second kappa shape index (κ2) is 6.39. The first-order chi connectivity index (χ1) is 13.1. The van der Waals surface area contributed by atoms with Gasteiger partial charge in [-0.05, 0) is 55.6 Å². The SMILES string of the molecule is CC(C1=C(N)NC(c2cccc(C(F)(F)F)n2)(C(C)C2CC2)N=C1N)C1CC1. The monoisotopic (exact) mass is 393 g/mol. The smallest absolute Gasteiger partial charge is 0.385 e. The lowest BCUT2D eigenvalue weighted by Crippen LogP contribution is -2.54. The van der Waals surface area contributed by atoms with Crippen molar-refractivity contribution in [1.29, 1.82) is 0 Å². The Labute approximate surface area is 162 Å². The van der Waals surface area contributed by atoms with Crippen LogP contribution >= 0.6 is 0 Å². The van der Waals surface area contributed by atoms with Gasteiger partial charge in [0, 0.05) is 11.5 Å². The molecule has 2 saturated carbocycles. The van der Waals surface area contributed by atoms with E-state index in [4.69, 9.17) is 16.5 Å². The van der Waals surface area contributed by atoms with Crippen molar-refractivity contribution in [2.24, 2.45) is 40.1 Å². The maximum Gasteiger partial charge on any atom is 0.433 e. The molecule has 2 heterocycles. The van der Waals surface area contributed by atoms with Crippen molar-refractivity contribution in [3.8, 4) is 0 Å². The molecule has 1 aliphatic heterocycles. The molecule has 3 unspecified atom stereocenters. The van der Waals surface area contributed by atoms with E-state index in [0.717, 1.165) is 37.3 Å². The molecule has 0 spiro atoms. The van der Waals surface area contributed by atoms with Gasteiger partial charge in [-0.2, -0.15) is 13.2 Å². The highest BCUT2D eigenvalue weighted by Gasteiger charge is 2.50. The van der Waals surface area contributed by atoms with E-state index in [2.05, 4.69) is 17.2 Å². The maximum absolute atomic E-state index is 13.3. The van der Waals surface area contributed by atoms with Crippen LogP contribution in [0.4, 0.5) is 13.2 Å². The Kier molecular flexibility index (Phi) is 4.35. The Balaban J connectivity index is 1.79. The second-order valence-electron chi connectivity index (χ2n) is 8.37. The average Bonchev–Trinajstić information content (AvgIpc) is 3.52. The zero-order valence-corrected chi connectivity index (χ0v) is 16.1. The number of amidine groups is 1. The first-order valence-electron chi connectivity index (χ1n) is 9.81. The largest absolute Gasteiger partial charge is 0.433 e. The minimum Gasteiger partial charge on any atom is -0.385 e. The number of hydrogen-bond donors (Lipinski definition) is 3. The molecule has 1 aromatic heterocycles. The molecule has 28 heavy (non-hydrogen) atoms. The van der Waals surface area contributed by atoms with Gasteiger partial charge in [0.1, 0.15) is 17.4 Å². The van der Waals surface area contributed by atoms with Crippen LogP contribution in [-0.4, -0.2) is 10.8 Å². The molecule has 0 bridgehead atoms. The van der Waals surface area contributed by atoms with Crippen LogP contribution in [0.1, 0.15) is 50.9 Å². The van der Waals surface area contributed by atoms with Gasteiger partial charge in [-0.1, -0.05) is 19.9 Å². The Morgan fingerprint density at radius 1 is 1.11 bits per heavy atom. The summed E-state index contributed by atoms with van der Waals surface area (Å²) in [7, 11) is 0. The maximum atomic E-state index is 13.3. The van der Waals surface area contributed by atoms with E-state index in [-0.39, 0.29) is 17.5 Å². The number of nitrogens with zero attached hydrogens (tertiary/aromatic N) is 2. The van der Waals surface area contributed by atoms with Crippen LogP contribution in [0.3, 0.4) is 0 Å². The van der Waals surface area contributed by atoms with E-state index >= 15 is 0 Å². The van der Waals surface area contributed by atoms with E-state index in [0.29, 0.717) is 23.5 Å². The van der Waals surface area contributed by atoms with Gasteiger partial charge < -0.3 is 16.8 Å². The number of hydrogen-bond acceptors (Lipinski definition) is 5. The van der Waals surface area contributed by atoms with Crippen molar-refractivity contribution in [2.75, 3.05) is 0 Å². The molecule has 8 heteroatoms. The van der Waals surface area contributed by atoms with Gasteiger partial charge in [0.25, 0.3) is 0 Å². The fourth-order valence-corrected chi connectivity index (χ4v) is 4.31. The Morgan fingerprint density at radius 2 is 1.75 bits per heavy atom. The highest BCUT2D eigenvalue weighted by molar-refractivity contribution is 5.99. The molecule has 3 atom stereocenters. The van der Waals surface area contributed by atoms with Crippen molar-refractivity contribution >= 4 is 5.84 Å². The van der Waals surface area contributed by atoms with E-state index in [9.17, 15) is 13.2 Å². The molecule has 2 aliphatic carbocycles. The number of halogens is 3. The summed E-state index contributed by atoms with van der Waals surface area (Å²) in [5, 5.41) is 3.25. The van der Waals surface area contributed by atoms with Crippen molar-refractivity contribution in [3.05, 3.63) is 41.0 Å². The lowest BCUT2D eigenvalue weighted by atomic mass is 9.84. The predicted octanol–water partition coefficient (Wildman–Crippen LogP) is 3.48. The van der Waals surface area contributed by atoms with Gasteiger partial charge in [0.05, 0.1) is 5.69 Å². The molecule has 0 saturated heterocycles. The topological polar surface area (TPSA) is 89.3 Å². The summed E-state index contributed by atoms with van der Waals surface area (Å²) in [5.74, 6) is 1.65. The molecule has 0 aromatic carbocycles. The number of nitrogens with two attached hydrogens (primary N) is 2. The van der Waals surface area contributed by atoms with Crippen molar-refractivity contribution in [1.82, 2.24) is 10.3 Å². The molecule has 4 rings (SSSR count). The minimum absolute atomic E-state index is 0.0987. The number of rotatable bonds is 5. The normalized spacial score (nSPS) is 27.8. The number of aliphatic imine (C=N–C) groups is 1. The lowest BCUT2D eigenvalue weighted by molar-refractivity contribution is -0.141. The molecule has 0 radical (unpaired) electrons. The number of alkyl halides is 3. The highest BCUT2D eigenvalue weighted by Crippen LogP contribution is 2.49. The summed E-state index contributed by atoms with van der Waals surface area (Å²) in [6.45, 7) is 4.05. The van der Waals surface area contributed by atoms with Gasteiger partial charge >= 0.3 is 6.18 Å². The summed E-state index contributed by atoms with van der Waals surface area (Å²) in [5.41, 5.74) is 11.6.